The van der Waals surface area contributed by atoms with Crippen LogP contribution in [0.3, 0.4) is 0 Å². The molecule has 0 unspecified atom stereocenters. The van der Waals surface area contributed by atoms with Gasteiger partial charge in [0.15, 0.2) is 0 Å². The van der Waals surface area contributed by atoms with E-state index in [1.54, 1.807) is 0 Å². The number of pyridine rings is 1. The van der Waals surface area contributed by atoms with Gasteiger partial charge >= 0.3 is 0 Å². The number of benzene rings is 1. The van der Waals surface area contributed by atoms with Gasteiger partial charge in [-0.05, 0) is 29.5 Å². The van der Waals surface area contributed by atoms with Crippen LogP contribution in [0.4, 0.5) is 0 Å². The van der Waals surface area contributed by atoms with Crippen molar-refractivity contribution < 1.29 is 0 Å². The molecule has 17 heavy (non-hydrogen) atoms. The lowest BCUT2D eigenvalue weighted by Crippen LogP contribution is -1.90. The third kappa shape index (κ3) is 2.73. The molecule has 0 spiro atoms. The summed E-state index contributed by atoms with van der Waals surface area (Å²) in [6.45, 7) is 6.57. The highest BCUT2D eigenvalue weighted by atomic mass is 14.7. The first-order valence-corrected chi connectivity index (χ1v) is 6.26. The molecule has 88 valence electrons. The van der Waals surface area contributed by atoms with Crippen LogP contribution in [-0.2, 0) is 6.42 Å². The van der Waals surface area contributed by atoms with Crippen molar-refractivity contribution in [3.8, 4) is 11.1 Å². The molecule has 0 saturated heterocycles. The normalized spacial score (nSPS) is 10.8. The van der Waals surface area contributed by atoms with Crippen LogP contribution in [0.15, 0.2) is 42.6 Å². The Morgan fingerprint density at radius 3 is 2.47 bits per heavy atom. The van der Waals surface area contributed by atoms with Gasteiger partial charge in [-0.3, -0.25) is 4.98 Å². The Bertz CT molecular complexity index is 483. The smallest absolute Gasteiger partial charge is 0.0401 e. The van der Waals surface area contributed by atoms with E-state index < -0.39 is 0 Å². The molecule has 1 heteroatoms. The Morgan fingerprint density at radius 1 is 1.06 bits per heavy atom. The molecule has 2 rings (SSSR count). The van der Waals surface area contributed by atoms with E-state index in [0.29, 0.717) is 5.92 Å². The summed E-state index contributed by atoms with van der Waals surface area (Å²) in [5.74, 6) is 0.567. The second-order valence-electron chi connectivity index (χ2n) is 4.67. The first kappa shape index (κ1) is 11.8. The van der Waals surface area contributed by atoms with Crippen molar-refractivity contribution >= 4 is 0 Å². The average molecular weight is 225 g/mol. The van der Waals surface area contributed by atoms with Crippen molar-refractivity contribution in [2.75, 3.05) is 0 Å². The van der Waals surface area contributed by atoms with E-state index in [0.717, 1.165) is 12.1 Å². The molecule has 0 N–H and O–H groups in total. The number of aryl methyl sites for hydroxylation is 1. The van der Waals surface area contributed by atoms with Crippen LogP contribution in [0, 0.1) is 0 Å². The molecule has 0 amide bonds. The van der Waals surface area contributed by atoms with Gasteiger partial charge in [0.05, 0.1) is 0 Å². The van der Waals surface area contributed by atoms with Gasteiger partial charge in [0.2, 0.25) is 0 Å². The molecule has 0 aliphatic heterocycles. The molecule has 1 aromatic heterocycles. The van der Waals surface area contributed by atoms with Crippen molar-refractivity contribution in [3.63, 3.8) is 0 Å². The molecule has 0 saturated carbocycles. The lowest BCUT2D eigenvalue weighted by molar-refractivity contribution is 0.867. The SMILES string of the molecule is CCc1ccc(-c2cccc(C(C)C)c2)cn1. The molecule has 0 aliphatic rings. The fourth-order valence-electron chi connectivity index (χ4n) is 1.88. The molecule has 1 aromatic carbocycles. The summed E-state index contributed by atoms with van der Waals surface area (Å²) in [7, 11) is 0. The zero-order valence-corrected chi connectivity index (χ0v) is 10.8. The van der Waals surface area contributed by atoms with Crippen LogP contribution >= 0.6 is 0 Å². The van der Waals surface area contributed by atoms with Crippen LogP contribution < -0.4 is 0 Å². The maximum Gasteiger partial charge on any atom is 0.0401 e. The number of hydrogen-bond donors (Lipinski definition) is 0. The van der Waals surface area contributed by atoms with Gasteiger partial charge in [0.25, 0.3) is 0 Å². The predicted octanol–water partition coefficient (Wildman–Crippen LogP) is 4.43. The zero-order valence-electron chi connectivity index (χ0n) is 10.8. The lowest BCUT2D eigenvalue weighted by atomic mass is 9.98. The Morgan fingerprint density at radius 2 is 1.88 bits per heavy atom. The van der Waals surface area contributed by atoms with Crippen molar-refractivity contribution in [1.29, 1.82) is 0 Å². The average Bonchev–Trinajstić information content (AvgIpc) is 2.39. The summed E-state index contributed by atoms with van der Waals surface area (Å²) in [5, 5.41) is 0. The Labute approximate surface area is 104 Å². The third-order valence-electron chi connectivity index (χ3n) is 3.07. The number of nitrogens with zero attached hydrogens (tertiary/aromatic N) is 1. The molecule has 0 radical (unpaired) electrons. The molecule has 1 heterocycles. The van der Waals surface area contributed by atoms with E-state index in [9.17, 15) is 0 Å². The highest BCUT2D eigenvalue weighted by Crippen LogP contribution is 2.23. The summed E-state index contributed by atoms with van der Waals surface area (Å²) in [4.78, 5) is 4.45. The van der Waals surface area contributed by atoms with Crippen LogP contribution in [0.5, 0.6) is 0 Å². The predicted molar refractivity (Wildman–Crippen MR) is 73.1 cm³/mol. The van der Waals surface area contributed by atoms with Gasteiger partial charge in [-0.2, -0.15) is 0 Å². The van der Waals surface area contributed by atoms with E-state index in [1.807, 2.05) is 6.20 Å². The van der Waals surface area contributed by atoms with E-state index in [4.69, 9.17) is 0 Å². The molecule has 0 bridgehead atoms. The number of hydrogen-bond acceptors (Lipinski definition) is 1. The molecule has 1 nitrogen and oxygen atoms in total. The Balaban J connectivity index is 2.35. The quantitative estimate of drug-likeness (QED) is 0.752. The molecule has 0 aliphatic carbocycles. The van der Waals surface area contributed by atoms with Gasteiger partial charge in [-0.1, -0.05) is 51.1 Å². The van der Waals surface area contributed by atoms with Crippen molar-refractivity contribution in [2.24, 2.45) is 0 Å². The maximum atomic E-state index is 4.45. The molecule has 0 fully saturated rings. The van der Waals surface area contributed by atoms with Crippen molar-refractivity contribution in [3.05, 3.63) is 53.9 Å². The molecular formula is C16H19N. The third-order valence-corrected chi connectivity index (χ3v) is 3.07. The first-order valence-electron chi connectivity index (χ1n) is 6.26. The van der Waals surface area contributed by atoms with E-state index in [2.05, 4.69) is 62.2 Å². The largest absolute Gasteiger partial charge is 0.261 e. The van der Waals surface area contributed by atoms with Gasteiger partial charge < -0.3 is 0 Å². The summed E-state index contributed by atoms with van der Waals surface area (Å²) in [5.41, 5.74) is 4.98. The monoisotopic (exact) mass is 225 g/mol. The number of aromatic nitrogens is 1. The topological polar surface area (TPSA) is 12.9 Å². The fourth-order valence-corrected chi connectivity index (χ4v) is 1.88. The minimum Gasteiger partial charge on any atom is -0.261 e. The highest BCUT2D eigenvalue weighted by molar-refractivity contribution is 5.63. The second-order valence-corrected chi connectivity index (χ2v) is 4.67. The minimum atomic E-state index is 0.567. The Hall–Kier alpha value is -1.63. The second kappa shape index (κ2) is 5.13. The van der Waals surface area contributed by atoms with Gasteiger partial charge in [-0.25, -0.2) is 0 Å². The summed E-state index contributed by atoms with van der Waals surface area (Å²) in [6, 6.07) is 13.0. The molecular weight excluding hydrogens is 206 g/mol. The molecule has 2 aromatic rings. The van der Waals surface area contributed by atoms with Crippen molar-refractivity contribution in [2.45, 2.75) is 33.1 Å². The Kier molecular flexibility index (Phi) is 3.58. The van der Waals surface area contributed by atoms with Gasteiger partial charge in [0, 0.05) is 17.5 Å². The van der Waals surface area contributed by atoms with Gasteiger partial charge in [0.1, 0.15) is 0 Å². The number of rotatable bonds is 3. The molecule has 0 atom stereocenters. The van der Waals surface area contributed by atoms with Crippen LogP contribution in [-0.4, -0.2) is 4.98 Å². The van der Waals surface area contributed by atoms with Crippen LogP contribution in [0.1, 0.15) is 37.9 Å². The van der Waals surface area contributed by atoms with Gasteiger partial charge in [-0.15, -0.1) is 0 Å². The standard InChI is InChI=1S/C16H19N/c1-4-16-9-8-15(11-17-16)14-7-5-6-13(10-14)12(2)3/h5-12H,4H2,1-3H3. The maximum absolute atomic E-state index is 4.45. The van der Waals surface area contributed by atoms with Crippen LogP contribution in [0.25, 0.3) is 11.1 Å². The summed E-state index contributed by atoms with van der Waals surface area (Å²) in [6.07, 6.45) is 2.96. The highest BCUT2D eigenvalue weighted by Gasteiger charge is 2.02. The van der Waals surface area contributed by atoms with Crippen molar-refractivity contribution in [1.82, 2.24) is 4.98 Å². The van der Waals surface area contributed by atoms with E-state index >= 15 is 0 Å². The fraction of sp³-hybridized carbons (Fsp3) is 0.312. The van der Waals surface area contributed by atoms with Crippen LogP contribution in [0.2, 0.25) is 0 Å². The van der Waals surface area contributed by atoms with E-state index in [1.165, 1.54) is 16.7 Å². The summed E-state index contributed by atoms with van der Waals surface area (Å²) < 4.78 is 0. The van der Waals surface area contributed by atoms with E-state index in [-0.39, 0.29) is 0 Å². The first-order chi connectivity index (χ1) is 8.20. The minimum absolute atomic E-state index is 0.567. The summed E-state index contributed by atoms with van der Waals surface area (Å²) >= 11 is 0. The zero-order chi connectivity index (χ0) is 12.3. The lowest BCUT2D eigenvalue weighted by Gasteiger charge is -2.08.